The smallest absolute Gasteiger partial charge is 0.260 e. The normalized spacial score (nSPS) is 20.9. The molecule has 126 valence electrons. The first-order chi connectivity index (χ1) is 10.9. The largest absolute Gasteiger partial charge is 0.493 e. The lowest BCUT2D eigenvalue weighted by atomic mass is 9.92. The molecule has 6 nitrogen and oxygen atoms in total. The lowest BCUT2D eigenvalue weighted by Gasteiger charge is -2.35. The van der Waals surface area contributed by atoms with Crippen LogP contribution in [0.25, 0.3) is 0 Å². The van der Waals surface area contributed by atoms with E-state index in [4.69, 9.17) is 15.2 Å². The molecule has 0 radical (unpaired) electrons. The Hall–Kier alpha value is -2.24. The van der Waals surface area contributed by atoms with Gasteiger partial charge in [0.1, 0.15) is 0 Å². The summed E-state index contributed by atoms with van der Waals surface area (Å²) < 4.78 is 10.8. The number of ether oxygens (including phenoxy) is 2. The predicted molar refractivity (Wildman–Crippen MR) is 86.5 cm³/mol. The maximum Gasteiger partial charge on any atom is 0.260 e. The van der Waals surface area contributed by atoms with Gasteiger partial charge in [-0.2, -0.15) is 0 Å². The highest BCUT2D eigenvalue weighted by Crippen LogP contribution is 2.31. The minimum absolute atomic E-state index is 0.0928. The van der Waals surface area contributed by atoms with Gasteiger partial charge in [-0.15, -0.1) is 0 Å². The Bertz CT molecular complexity index is 578. The van der Waals surface area contributed by atoms with Gasteiger partial charge in [-0.05, 0) is 30.4 Å². The van der Waals surface area contributed by atoms with Gasteiger partial charge in [0, 0.05) is 13.1 Å². The second kappa shape index (κ2) is 7.35. The number of rotatable bonds is 5. The molecular formula is C17H24N2O4. The van der Waals surface area contributed by atoms with Crippen molar-refractivity contribution in [1.29, 1.82) is 0 Å². The zero-order chi connectivity index (χ0) is 17.0. The SMILES string of the molecule is COc1cccc(C(N)=O)c1OCC(=O)N1C[C@H](C)C[C@H](C)C1. The van der Waals surface area contributed by atoms with Gasteiger partial charge >= 0.3 is 0 Å². The third-order valence-corrected chi connectivity index (χ3v) is 4.03. The lowest BCUT2D eigenvalue weighted by Crippen LogP contribution is -2.44. The first-order valence-corrected chi connectivity index (χ1v) is 7.79. The van der Waals surface area contributed by atoms with Crippen molar-refractivity contribution in [2.24, 2.45) is 17.6 Å². The summed E-state index contributed by atoms with van der Waals surface area (Å²) in [5.41, 5.74) is 5.56. The van der Waals surface area contributed by atoms with Gasteiger partial charge in [0.2, 0.25) is 0 Å². The van der Waals surface area contributed by atoms with Gasteiger partial charge in [-0.1, -0.05) is 19.9 Å². The van der Waals surface area contributed by atoms with Crippen molar-refractivity contribution < 1.29 is 19.1 Å². The van der Waals surface area contributed by atoms with Crippen molar-refractivity contribution in [2.45, 2.75) is 20.3 Å². The van der Waals surface area contributed by atoms with E-state index in [0.29, 0.717) is 17.6 Å². The van der Waals surface area contributed by atoms with E-state index in [9.17, 15) is 9.59 Å². The molecule has 1 aliphatic heterocycles. The maximum absolute atomic E-state index is 12.4. The molecule has 6 heteroatoms. The van der Waals surface area contributed by atoms with Gasteiger partial charge in [-0.3, -0.25) is 9.59 Å². The van der Waals surface area contributed by atoms with Gasteiger partial charge in [0.25, 0.3) is 11.8 Å². The Balaban J connectivity index is 2.08. The van der Waals surface area contributed by atoms with Gasteiger partial charge in [0.15, 0.2) is 18.1 Å². The van der Waals surface area contributed by atoms with Crippen LogP contribution in [-0.2, 0) is 4.79 Å². The number of hydrogen-bond donors (Lipinski definition) is 1. The fourth-order valence-electron chi connectivity index (χ4n) is 3.11. The molecular weight excluding hydrogens is 296 g/mol. The van der Waals surface area contributed by atoms with Gasteiger partial charge < -0.3 is 20.1 Å². The van der Waals surface area contributed by atoms with E-state index in [1.54, 1.807) is 18.2 Å². The number of para-hydroxylation sites is 1. The molecule has 0 unspecified atom stereocenters. The fourth-order valence-corrected chi connectivity index (χ4v) is 3.11. The van der Waals surface area contributed by atoms with E-state index < -0.39 is 5.91 Å². The van der Waals surface area contributed by atoms with E-state index in [1.165, 1.54) is 7.11 Å². The molecule has 2 atom stereocenters. The van der Waals surface area contributed by atoms with Crippen molar-refractivity contribution in [1.82, 2.24) is 4.90 Å². The van der Waals surface area contributed by atoms with Gasteiger partial charge in [0.05, 0.1) is 12.7 Å². The van der Waals surface area contributed by atoms with Crippen molar-refractivity contribution >= 4 is 11.8 Å². The van der Waals surface area contributed by atoms with Crippen LogP contribution in [0, 0.1) is 11.8 Å². The van der Waals surface area contributed by atoms with E-state index in [2.05, 4.69) is 13.8 Å². The summed E-state index contributed by atoms with van der Waals surface area (Å²) in [5.74, 6) is 0.852. The van der Waals surface area contributed by atoms with Crippen LogP contribution in [0.3, 0.4) is 0 Å². The summed E-state index contributed by atoms with van der Waals surface area (Å²) in [6, 6.07) is 4.87. The van der Waals surface area contributed by atoms with Gasteiger partial charge in [-0.25, -0.2) is 0 Å². The molecule has 0 spiro atoms. The van der Waals surface area contributed by atoms with Crippen molar-refractivity contribution in [3.63, 3.8) is 0 Å². The number of piperidine rings is 1. The molecule has 1 heterocycles. The second-order valence-electron chi connectivity index (χ2n) is 6.23. The van der Waals surface area contributed by atoms with Crippen LogP contribution in [0.15, 0.2) is 18.2 Å². The van der Waals surface area contributed by atoms with Crippen LogP contribution in [0.2, 0.25) is 0 Å². The number of amides is 2. The number of carbonyl (C=O) groups excluding carboxylic acids is 2. The lowest BCUT2D eigenvalue weighted by molar-refractivity contribution is -0.136. The highest BCUT2D eigenvalue weighted by molar-refractivity contribution is 5.96. The van der Waals surface area contributed by atoms with Crippen molar-refractivity contribution in [2.75, 3.05) is 26.8 Å². The van der Waals surface area contributed by atoms with E-state index in [1.807, 2.05) is 4.90 Å². The topological polar surface area (TPSA) is 81.9 Å². The molecule has 0 aliphatic carbocycles. The van der Waals surface area contributed by atoms with Crippen LogP contribution in [0.4, 0.5) is 0 Å². The zero-order valence-corrected chi connectivity index (χ0v) is 13.9. The predicted octanol–water partition coefficient (Wildman–Crippen LogP) is 1.68. The molecule has 2 N–H and O–H groups in total. The molecule has 1 aromatic rings. The molecule has 0 saturated carbocycles. The Morgan fingerprint density at radius 3 is 2.48 bits per heavy atom. The molecule has 2 rings (SSSR count). The molecule has 0 bridgehead atoms. The van der Waals surface area contributed by atoms with Crippen LogP contribution in [0.5, 0.6) is 11.5 Å². The number of carbonyl (C=O) groups is 2. The van der Waals surface area contributed by atoms with E-state index >= 15 is 0 Å². The molecule has 1 saturated heterocycles. The summed E-state index contributed by atoms with van der Waals surface area (Å²) in [7, 11) is 1.47. The number of primary amides is 1. The fraction of sp³-hybridized carbons (Fsp3) is 0.529. The molecule has 1 aliphatic rings. The molecule has 0 aromatic heterocycles. The average Bonchev–Trinajstić information content (AvgIpc) is 2.51. The number of likely N-dealkylation sites (tertiary alicyclic amines) is 1. The van der Waals surface area contributed by atoms with Crippen molar-refractivity contribution in [3.8, 4) is 11.5 Å². The maximum atomic E-state index is 12.4. The highest BCUT2D eigenvalue weighted by Gasteiger charge is 2.26. The quantitative estimate of drug-likeness (QED) is 0.895. The first kappa shape index (κ1) is 17.1. The highest BCUT2D eigenvalue weighted by atomic mass is 16.5. The van der Waals surface area contributed by atoms with Crippen LogP contribution < -0.4 is 15.2 Å². The number of nitrogens with two attached hydrogens (primary N) is 1. The van der Waals surface area contributed by atoms with E-state index in [0.717, 1.165) is 19.5 Å². The number of methoxy groups -OCH3 is 1. The third-order valence-electron chi connectivity index (χ3n) is 4.03. The molecule has 23 heavy (non-hydrogen) atoms. The Labute approximate surface area is 136 Å². The Morgan fingerprint density at radius 1 is 1.26 bits per heavy atom. The minimum Gasteiger partial charge on any atom is -0.493 e. The summed E-state index contributed by atoms with van der Waals surface area (Å²) >= 11 is 0. The standard InChI is InChI=1S/C17H24N2O4/c1-11-7-12(2)9-19(8-11)15(20)10-23-16-13(17(18)21)5-4-6-14(16)22-3/h4-6,11-12H,7-10H2,1-3H3,(H2,18,21)/t11-,12+. The number of benzene rings is 1. The molecule has 2 amide bonds. The molecule has 1 aromatic carbocycles. The van der Waals surface area contributed by atoms with Crippen LogP contribution >= 0.6 is 0 Å². The zero-order valence-electron chi connectivity index (χ0n) is 13.9. The number of hydrogen-bond acceptors (Lipinski definition) is 4. The van der Waals surface area contributed by atoms with Crippen LogP contribution in [-0.4, -0.2) is 43.5 Å². The average molecular weight is 320 g/mol. The summed E-state index contributed by atoms with van der Waals surface area (Å²) in [5, 5.41) is 0. The third kappa shape index (κ3) is 4.15. The van der Waals surface area contributed by atoms with Crippen LogP contribution in [0.1, 0.15) is 30.6 Å². The molecule has 1 fully saturated rings. The Morgan fingerprint density at radius 2 is 1.91 bits per heavy atom. The van der Waals surface area contributed by atoms with E-state index in [-0.39, 0.29) is 23.8 Å². The second-order valence-corrected chi connectivity index (χ2v) is 6.23. The summed E-state index contributed by atoms with van der Waals surface area (Å²) in [4.78, 5) is 25.7. The minimum atomic E-state index is -0.619. The summed E-state index contributed by atoms with van der Waals surface area (Å²) in [6.07, 6.45) is 1.13. The summed E-state index contributed by atoms with van der Waals surface area (Å²) in [6.45, 7) is 5.62. The van der Waals surface area contributed by atoms with Crippen molar-refractivity contribution in [3.05, 3.63) is 23.8 Å². The first-order valence-electron chi connectivity index (χ1n) is 7.79. The number of nitrogens with zero attached hydrogens (tertiary/aromatic N) is 1. The Kier molecular flexibility index (Phi) is 5.47. The monoisotopic (exact) mass is 320 g/mol.